The van der Waals surface area contributed by atoms with Gasteiger partial charge in [0.05, 0.1) is 5.56 Å². The van der Waals surface area contributed by atoms with Crippen LogP contribution in [0.2, 0.25) is 0 Å². The molecule has 1 aromatic carbocycles. The Balaban J connectivity index is 1.66. The van der Waals surface area contributed by atoms with Crippen LogP contribution in [-0.2, 0) is 11.3 Å². The number of amides is 1. The fourth-order valence-corrected chi connectivity index (χ4v) is 1.78. The van der Waals surface area contributed by atoms with Gasteiger partial charge in [0.1, 0.15) is 6.61 Å². The third kappa shape index (κ3) is 5.97. The summed E-state index contributed by atoms with van der Waals surface area (Å²) in [7, 11) is 3.76. The standard InChI is InChI=1S/C18H20N4O2/c1-22(2)17-20-12-16(13-21-17)10-6-7-11-19-18(23)24-14-15-8-4-3-5-9-15/h3-5,8-9,12-13H,7,11,14H2,1-2H3,(H,19,23). The molecular formula is C18H20N4O2. The zero-order valence-electron chi connectivity index (χ0n) is 13.8. The van der Waals surface area contributed by atoms with E-state index in [0.29, 0.717) is 18.9 Å². The lowest BCUT2D eigenvalue weighted by atomic mass is 10.2. The van der Waals surface area contributed by atoms with Gasteiger partial charge in [0.25, 0.3) is 0 Å². The maximum atomic E-state index is 11.5. The predicted molar refractivity (Wildman–Crippen MR) is 92.5 cm³/mol. The number of alkyl carbamates (subject to hydrolysis) is 1. The number of anilines is 1. The molecule has 0 atom stereocenters. The molecule has 1 aromatic heterocycles. The van der Waals surface area contributed by atoms with Gasteiger partial charge in [-0.25, -0.2) is 14.8 Å². The molecule has 0 saturated heterocycles. The Morgan fingerprint density at radius 3 is 2.58 bits per heavy atom. The van der Waals surface area contributed by atoms with Crippen LogP contribution in [0.1, 0.15) is 17.5 Å². The van der Waals surface area contributed by atoms with Gasteiger partial charge in [-0.1, -0.05) is 42.2 Å². The first kappa shape index (κ1) is 17.3. The summed E-state index contributed by atoms with van der Waals surface area (Å²) in [6.07, 6.45) is 3.43. The molecule has 6 nitrogen and oxygen atoms in total. The zero-order valence-corrected chi connectivity index (χ0v) is 13.8. The number of aromatic nitrogens is 2. The van der Waals surface area contributed by atoms with E-state index in [1.165, 1.54) is 0 Å². The predicted octanol–water partition coefficient (Wildman–Crippen LogP) is 2.21. The van der Waals surface area contributed by atoms with Crippen molar-refractivity contribution in [2.24, 2.45) is 0 Å². The highest BCUT2D eigenvalue weighted by atomic mass is 16.5. The van der Waals surface area contributed by atoms with Crippen LogP contribution in [0, 0.1) is 11.8 Å². The molecular weight excluding hydrogens is 304 g/mol. The first-order chi connectivity index (χ1) is 11.6. The Hall–Kier alpha value is -3.07. The minimum Gasteiger partial charge on any atom is -0.445 e. The largest absolute Gasteiger partial charge is 0.445 e. The Morgan fingerprint density at radius 2 is 1.92 bits per heavy atom. The Kier molecular flexibility index (Phi) is 6.59. The van der Waals surface area contributed by atoms with Crippen molar-refractivity contribution in [2.75, 3.05) is 25.5 Å². The van der Waals surface area contributed by atoms with E-state index >= 15 is 0 Å². The first-order valence-electron chi connectivity index (χ1n) is 7.58. The minimum absolute atomic E-state index is 0.258. The lowest BCUT2D eigenvalue weighted by molar-refractivity contribution is 0.140. The van der Waals surface area contributed by atoms with Crippen LogP contribution >= 0.6 is 0 Å². The second-order valence-electron chi connectivity index (χ2n) is 5.21. The van der Waals surface area contributed by atoms with Gasteiger partial charge in [0.2, 0.25) is 5.95 Å². The van der Waals surface area contributed by atoms with Crippen molar-refractivity contribution in [3.05, 3.63) is 53.9 Å². The fourth-order valence-electron chi connectivity index (χ4n) is 1.78. The average Bonchev–Trinajstić information content (AvgIpc) is 2.61. The summed E-state index contributed by atoms with van der Waals surface area (Å²) >= 11 is 0. The summed E-state index contributed by atoms with van der Waals surface area (Å²) in [6.45, 7) is 0.686. The summed E-state index contributed by atoms with van der Waals surface area (Å²) in [5.41, 5.74) is 1.70. The Labute approximate surface area is 141 Å². The van der Waals surface area contributed by atoms with E-state index in [1.54, 1.807) is 12.4 Å². The maximum Gasteiger partial charge on any atom is 0.407 e. The van der Waals surface area contributed by atoms with Crippen LogP contribution in [0.3, 0.4) is 0 Å². The van der Waals surface area contributed by atoms with Crippen LogP contribution < -0.4 is 10.2 Å². The van der Waals surface area contributed by atoms with Crippen molar-refractivity contribution < 1.29 is 9.53 Å². The molecule has 0 aliphatic rings. The van der Waals surface area contributed by atoms with Crippen molar-refractivity contribution in [2.45, 2.75) is 13.0 Å². The van der Waals surface area contributed by atoms with Crippen LogP contribution in [0.4, 0.5) is 10.7 Å². The smallest absolute Gasteiger partial charge is 0.407 e. The van der Waals surface area contributed by atoms with Gasteiger partial charge in [-0.3, -0.25) is 0 Å². The topological polar surface area (TPSA) is 67.4 Å². The lowest BCUT2D eigenvalue weighted by Crippen LogP contribution is -2.24. The molecule has 24 heavy (non-hydrogen) atoms. The van der Waals surface area contributed by atoms with E-state index in [4.69, 9.17) is 4.74 Å². The lowest BCUT2D eigenvalue weighted by Gasteiger charge is -2.08. The van der Waals surface area contributed by atoms with E-state index in [-0.39, 0.29) is 6.61 Å². The van der Waals surface area contributed by atoms with Crippen LogP contribution in [0.5, 0.6) is 0 Å². The molecule has 0 saturated carbocycles. The molecule has 124 valence electrons. The fraction of sp³-hybridized carbons (Fsp3) is 0.278. The van der Waals surface area contributed by atoms with Gasteiger partial charge in [0.15, 0.2) is 0 Å². The molecule has 6 heteroatoms. The molecule has 0 radical (unpaired) electrons. The summed E-state index contributed by atoms with van der Waals surface area (Å²) in [4.78, 5) is 21.7. The molecule has 1 N–H and O–H groups in total. The molecule has 0 aliphatic carbocycles. The van der Waals surface area contributed by atoms with Crippen molar-refractivity contribution >= 4 is 12.0 Å². The third-order valence-corrected chi connectivity index (χ3v) is 3.00. The Morgan fingerprint density at radius 1 is 1.21 bits per heavy atom. The van der Waals surface area contributed by atoms with Crippen molar-refractivity contribution in [1.82, 2.24) is 15.3 Å². The van der Waals surface area contributed by atoms with Gasteiger partial charge in [-0.15, -0.1) is 0 Å². The number of hydrogen-bond acceptors (Lipinski definition) is 5. The summed E-state index contributed by atoms with van der Waals surface area (Å²) < 4.78 is 5.11. The summed E-state index contributed by atoms with van der Waals surface area (Å²) in [5, 5.41) is 2.66. The Bertz CT molecular complexity index is 703. The number of benzene rings is 1. The van der Waals surface area contributed by atoms with Crippen molar-refractivity contribution in [3.63, 3.8) is 0 Å². The van der Waals surface area contributed by atoms with Gasteiger partial charge in [-0.2, -0.15) is 0 Å². The SMILES string of the molecule is CN(C)c1ncc(C#CCCNC(=O)OCc2ccccc2)cn1. The quantitative estimate of drug-likeness (QED) is 0.675. The van der Waals surface area contributed by atoms with Crippen LogP contribution in [0.25, 0.3) is 0 Å². The number of ether oxygens (including phenoxy) is 1. The molecule has 0 aliphatic heterocycles. The number of carbonyl (C=O) groups is 1. The number of hydrogen-bond donors (Lipinski definition) is 1. The van der Waals surface area contributed by atoms with E-state index in [2.05, 4.69) is 27.1 Å². The molecule has 0 spiro atoms. The van der Waals surface area contributed by atoms with E-state index < -0.39 is 6.09 Å². The second kappa shape index (κ2) is 9.16. The van der Waals surface area contributed by atoms with E-state index in [9.17, 15) is 4.79 Å². The van der Waals surface area contributed by atoms with Crippen LogP contribution in [-0.4, -0.2) is 36.7 Å². The molecule has 1 amide bonds. The van der Waals surface area contributed by atoms with Gasteiger partial charge in [-0.05, 0) is 5.56 Å². The molecule has 0 bridgehead atoms. The highest BCUT2D eigenvalue weighted by Crippen LogP contribution is 2.02. The average molecular weight is 324 g/mol. The van der Waals surface area contributed by atoms with E-state index in [0.717, 1.165) is 11.1 Å². The molecule has 2 aromatic rings. The monoisotopic (exact) mass is 324 g/mol. The number of rotatable bonds is 5. The maximum absolute atomic E-state index is 11.5. The zero-order chi connectivity index (χ0) is 17.2. The number of carbonyl (C=O) groups excluding carboxylic acids is 1. The first-order valence-corrected chi connectivity index (χ1v) is 7.58. The molecule has 2 rings (SSSR count). The number of nitrogens with one attached hydrogen (secondary N) is 1. The van der Waals surface area contributed by atoms with E-state index in [1.807, 2.05) is 49.3 Å². The highest BCUT2D eigenvalue weighted by Gasteiger charge is 2.01. The third-order valence-electron chi connectivity index (χ3n) is 3.00. The van der Waals surface area contributed by atoms with Crippen molar-refractivity contribution in [3.8, 4) is 11.8 Å². The highest BCUT2D eigenvalue weighted by molar-refractivity contribution is 5.67. The summed E-state index contributed by atoms with van der Waals surface area (Å²) in [6, 6.07) is 9.54. The number of nitrogens with zero attached hydrogens (tertiary/aromatic N) is 3. The summed E-state index contributed by atoms with van der Waals surface area (Å²) in [5.74, 6) is 6.56. The van der Waals surface area contributed by atoms with Gasteiger partial charge >= 0.3 is 6.09 Å². The molecule has 0 unspecified atom stereocenters. The van der Waals surface area contributed by atoms with Gasteiger partial charge < -0.3 is 15.0 Å². The second-order valence-corrected chi connectivity index (χ2v) is 5.21. The van der Waals surface area contributed by atoms with Crippen LogP contribution in [0.15, 0.2) is 42.7 Å². The van der Waals surface area contributed by atoms with Crippen molar-refractivity contribution in [1.29, 1.82) is 0 Å². The minimum atomic E-state index is -0.445. The normalized spacial score (nSPS) is 9.58. The molecule has 0 fully saturated rings. The molecule has 1 heterocycles. The van der Waals surface area contributed by atoms with Gasteiger partial charge in [0, 0.05) is 39.5 Å².